The van der Waals surface area contributed by atoms with E-state index < -0.39 is 5.97 Å². The van der Waals surface area contributed by atoms with E-state index in [9.17, 15) is 9.59 Å². The number of carbonyl (C=O) groups is 2. The lowest BCUT2D eigenvalue weighted by Crippen LogP contribution is -2.30. The SMILES string of the molecule is Cc1noc2nc(-c3ccco3)cc(C(=O)OCC(=O)N(C)Cc3ccsc3)c12. The summed E-state index contributed by atoms with van der Waals surface area (Å²) in [5.41, 5.74) is 2.35. The Balaban J connectivity index is 1.53. The number of rotatable bonds is 6. The minimum Gasteiger partial charge on any atom is -0.463 e. The van der Waals surface area contributed by atoms with Gasteiger partial charge in [0, 0.05) is 13.6 Å². The molecular weight excluding hydrogens is 394 g/mol. The molecule has 0 fully saturated rings. The van der Waals surface area contributed by atoms with Gasteiger partial charge in [-0.25, -0.2) is 9.78 Å². The minimum absolute atomic E-state index is 0.198. The molecule has 0 atom stereocenters. The third-order valence-electron chi connectivity index (χ3n) is 4.36. The maximum atomic E-state index is 12.8. The predicted octanol–water partition coefficient (Wildman–Crippen LogP) is 3.67. The van der Waals surface area contributed by atoms with Crippen molar-refractivity contribution >= 4 is 34.3 Å². The Kier molecular flexibility index (Phi) is 5.13. The summed E-state index contributed by atoms with van der Waals surface area (Å²) in [6.45, 7) is 1.78. The van der Waals surface area contributed by atoms with E-state index in [1.807, 2.05) is 16.8 Å². The molecule has 0 unspecified atom stereocenters. The Morgan fingerprint density at radius 2 is 2.17 bits per heavy atom. The molecule has 29 heavy (non-hydrogen) atoms. The number of amides is 1. The molecule has 4 aromatic rings. The maximum Gasteiger partial charge on any atom is 0.339 e. The van der Waals surface area contributed by atoms with Crippen LogP contribution in [0.25, 0.3) is 22.6 Å². The first kappa shape index (κ1) is 18.9. The molecule has 148 valence electrons. The number of aromatic nitrogens is 2. The van der Waals surface area contributed by atoms with Crippen LogP contribution in [0.5, 0.6) is 0 Å². The van der Waals surface area contributed by atoms with Crippen molar-refractivity contribution in [3.8, 4) is 11.5 Å². The smallest absolute Gasteiger partial charge is 0.339 e. The van der Waals surface area contributed by atoms with Gasteiger partial charge in [0.25, 0.3) is 11.6 Å². The Bertz CT molecular complexity index is 1150. The van der Waals surface area contributed by atoms with Crippen LogP contribution in [-0.2, 0) is 16.1 Å². The minimum atomic E-state index is -0.659. The van der Waals surface area contributed by atoms with Gasteiger partial charge in [-0.3, -0.25) is 4.79 Å². The van der Waals surface area contributed by atoms with E-state index in [1.54, 1.807) is 43.5 Å². The highest BCUT2D eigenvalue weighted by Crippen LogP contribution is 2.27. The van der Waals surface area contributed by atoms with Crippen LogP contribution in [0.4, 0.5) is 0 Å². The number of furan rings is 1. The molecule has 4 aromatic heterocycles. The first-order valence-electron chi connectivity index (χ1n) is 8.76. The van der Waals surface area contributed by atoms with Crippen molar-refractivity contribution in [2.75, 3.05) is 13.7 Å². The summed E-state index contributed by atoms with van der Waals surface area (Å²) < 4.78 is 15.8. The van der Waals surface area contributed by atoms with Crippen molar-refractivity contribution in [2.24, 2.45) is 0 Å². The second-order valence-corrected chi connectivity index (χ2v) is 7.22. The number of pyridine rings is 1. The van der Waals surface area contributed by atoms with Gasteiger partial charge in [-0.15, -0.1) is 0 Å². The van der Waals surface area contributed by atoms with E-state index in [2.05, 4.69) is 10.1 Å². The van der Waals surface area contributed by atoms with Gasteiger partial charge in [-0.1, -0.05) is 5.16 Å². The molecule has 0 aliphatic carbocycles. The number of ether oxygens (including phenoxy) is 1. The van der Waals surface area contributed by atoms with Crippen molar-refractivity contribution in [3.63, 3.8) is 0 Å². The van der Waals surface area contributed by atoms with Crippen LogP contribution in [0.3, 0.4) is 0 Å². The zero-order valence-electron chi connectivity index (χ0n) is 15.7. The fourth-order valence-electron chi connectivity index (χ4n) is 2.87. The average molecular weight is 411 g/mol. The Hall–Kier alpha value is -3.46. The van der Waals surface area contributed by atoms with E-state index in [-0.39, 0.29) is 23.8 Å². The molecule has 0 aromatic carbocycles. The fraction of sp³-hybridized carbons (Fsp3) is 0.200. The summed E-state index contributed by atoms with van der Waals surface area (Å²) in [7, 11) is 1.66. The maximum absolute atomic E-state index is 12.8. The molecule has 0 radical (unpaired) electrons. The molecular formula is C20H17N3O5S. The van der Waals surface area contributed by atoms with E-state index >= 15 is 0 Å². The molecule has 4 rings (SSSR count). The number of likely N-dealkylation sites (N-methyl/N-ethyl adjacent to an activating group) is 1. The van der Waals surface area contributed by atoms with Crippen LogP contribution in [-0.4, -0.2) is 40.6 Å². The summed E-state index contributed by atoms with van der Waals surface area (Å²) >= 11 is 1.56. The lowest BCUT2D eigenvalue weighted by Gasteiger charge is -2.16. The first-order chi connectivity index (χ1) is 14.0. The number of fused-ring (bicyclic) bond motifs is 1. The molecule has 0 bridgehead atoms. The van der Waals surface area contributed by atoms with Gasteiger partial charge in [0.15, 0.2) is 12.4 Å². The Morgan fingerprint density at radius 1 is 1.31 bits per heavy atom. The molecule has 4 heterocycles. The second kappa shape index (κ2) is 7.88. The third kappa shape index (κ3) is 3.90. The summed E-state index contributed by atoms with van der Waals surface area (Å²) in [4.78, 5) is 30.9. The van der Waals surface area contributed by atoms with Crippen LogP contribution in [0.1, 0.15) is 21.6 Å². The molecule has 0 saturated carbocycles. The second-order valence-electron chi connectivity index (χ2n) is 6.44. The van der Waals surface area contributed by atoms with E-state index in [0.717, 1.165) is 5.56 Å². The van der Waals surface area contributed by atoms with E-state index in [1.165, 1.54) is 11.2 Å². The van der Waals surface area contributed by atoms with Gasteiger partial charge in [0.05, 0.1) is 22.9 Å². The van der Waals surface area contributed by atoms with Gasteiger partial charge in [0.1, 0.15) is 5.69 Å². The van der Waals surface area contributed by atoms with E-state index in [0.29, 0.717) is 29.1 Å². The zero-order valence-corrected chi connectivity index (χ0v) is 16.6. The van der Waals surface area contributed by atoms with Crippen LogP contribution in [0, 0.1) is 6.92 Å². The largest absolute Gasteiger partial charge is 0.463 e. The average Bonchev–Trinajstić information content (AvgIpc) is 3.48. The van der Waals surface area contributed by atoms with Crippen molar-refractivity contribution in [1.29, 1.82) is 0 Å². The molecule has 0 spiro atoms. The number of aryl methyl sites for hydroxylation is 1. The summed E-state index contributed by atoms with van der Waals surface area (Å²) in [6.07, 6.45) is 1.51. The third-order valence-corrected chi connectivity index (χ3v) is 5.10. The summed E-state index contributed by atoms with van der Waals surface area (Å²) in [5, 5.41) is 8.24. The summed E-state index contributed by atoms with van der Waals surface area (Å²) in [5.74, 6) is -0.487. The fourth-order valence-corrected chi connectivity index (χ4v) is 3.53. The number of nitrogens with zero attached hydrogens (tertiary/aromatic N) is 3. The first-order valence-corrected chi connectivity index (χ1v) is 9.70. The Labute approximate surface area is 169 Å². The quantitative estimate of drug-likeness (QED) is 0.446. The van der Waals surface area contributed by atoms with Crippen LogP contribution in [0.15, 0.2) is 50.2 Å². The van der Waals surface area contributed by atoms with Crippen molar-refractivity contribution in [3.05, 3.63) is 58.1 Å². The molecule has 0 aliphatic heterocycles. The lowest BCUT2D eigenvalue weighted by atomic mass is 10.1. The number of thiophene rings is 1. The molecule has 8 nitrogen and oxygen atoms in total. The van der Waals surface area contributed by atoms with E-state index in [4.69, 9.17) is 13.7 Å². The monoisotopic (exact) mass is 411 g/mol. The van der Waals surface area contributed by atoms with Gasteiger partial charge in [0.2, 0.25) is 0 Å². The molecule has 9 heteroatoms. The number of esters is 1. The lowest BCUT2D eigenvalue weighted by molar-refractivity contribution is -0.133. The van der Waals surface area contributed by atoms with Gasteiger partial charge in [-0.2, -0.15) is 11.3 Å². The summed E-state index contributed by atoms with van der Waals surface area (Å²) in [6, 6.07) is 6.93. The van der Waals surface area contributed by atoms with Crippen LogP contribution in [0.2, 0.25) is 0 Å². The van der Waals surface area contributed by atoms with Gasteiger partial charge < -0.3 is 18.6 Å². The standard InChI is InChI=1S/C20H17N3O5S/c1-12-18-14(8-15(16-4-3-6-26-16)21-19(18)28-22-12)20(25)27-10-17(24)23(2)9-13-5-7-29-11-13/h3-8,11H,9-10H2,1-2H3. The number of hydrogen-bond acceptors (Lipinski definition) is 8. The van der Waals surface area contributed by atoms with Crippen LogP contribution < -0.4 is 0 Å². The van der Waals surface area contributed by atoms with Crippen molar-refractivity contribution < 1.29 is 23.3 Å². The molecule has 0 saturated heterocycles. The van der Waals surface area contributed by atoms with Crippen molar-refractivity contribution in [2.45, 2.75) is 13.5 Å². The molecule has 0 N–H and O–H groups in total. The molecule has 0 aliphatic rings. The topological polar surface area (TPSA) is 98.7 Å². The van der Waals surface area contributed by atoms with Gasteiger partial charge in [-0.05, 0) is 47.5 Å². The number of hydrogen-bond donors (Lipinski definition) is 0. The normalized spacial score (nSPS) is 11.0. The highest BCUT2D eigenvalue weighted by Gasteiger charge is 2.22. The highest BCUT2D eigenvalue weighted by atomic mass is 32.1. The highest BCUT2D eigenvalue weighted by molar-refractivity contribution is 7.07. The predicted molar refractivity (Wildman–Crippen MR) is 105 cm³/mol. The Morgan fingerprint density at radius 3 is 2.90 bits per heavy atom. The van der Waals surface area contributed by atoms with Crippen LogP contribution >= 0.6 is 11.3 Å². The van der Waals surface area contributed by atoms with Gasteiger partial charge >= 0.3 is 5.97 Å². The zero-order chi connectivity index (χ0) is 20.4. The molecule has 1 amide bonds. The van der Waals surface area contributed by atoms with Crippen molar-refractivity contribution in [1.82, 2.24) is 15.0 Å². The number of carbonyl (C=O) groups excluding carboxylic acids is 2.